The van der Waals surface area contributed by atoms with E-state index in [-0.39, 0.29) is 23.7 Å². The molecule has 0 aromatic heterocycles. The molecule has 9 heteroatoms. The Labute approximate surface area is 154 Å². The van der Waals surface area contributed by atoms with Crippen LogP contribution in [0.15, 0.2) is 48.5 Å². The summed E-state index contributed by atoms with van der Waals surface area (Å²) in [4.78, 5) is 48.5. The van der Waals surface area contributed by atoms with E-state index in [1.807, 2.05) is 0 Å². The second kappa shape index (κ2) is 7.24. The molecule has 0 aliphatic carbocycles. The van der Waals surface area contributed by atoms with Crippen LogP contribution in [0.5, 0.6) is 0 Å². The van der Waals surface area contributed by atoms with Gasteiger partial charge in [-0.15, -0.1) is 0 Å². The topological polar surface area (TPSA) is 122 Å². The summed E-state index contributed by atoms with van der Waals surface area (Å²) in [7, 11) is 0. The maximum atomic E-state index is 12.4. The number of benzene rings is 2. The van der Waals surface area contributed by atoms with Crippen molar-refractivity contribution in [2.24, 2.45) is 0 Å². The van der Waals surface area contributed by atoms with Crippen molar-refractivity contribution in [1.82, 2.24) is 0 Å². The standard InChI is InChI=1S/C18H16N4O5/c1-11(23)21-15-8-3-2-7-14(15)20-18(25)16(21)10-17(24)19-12-5-4-6-13(9-12)22(26)27/h2-9,16H,10H2,1H3,(H,19,24)(H,20,25)/t16-/m1/s1. The summed E-state index contributed by atoms with van der Waals surface area (Å²) < 4.78 is 0. The van der Waals surface area contributed by atoms with Crippen LogP contribution in [0.2, 0.25) is 0 Å². The van der Waals surface area contributed by atoms with Crippen LogP contribution in [0.25, 0.3) is 0 Å². The largest absolute Gasteiger partial charge is 0.326 e. The Kier molecular flexibility index (Phi) is 4.84. The lowest BCUT2D eigenvalue weighted by Gasteiger charge is -2.35. The summed E-state index contributed by atoms with van der Waals surface area (Å²) in [5.41, 5.74) is 1.08. The molecule has 27 heavy (non-hydrogen) atoms. The SMILES string of the molecule is CC(=O)N1c2ccccc2NC(=O)[C@H]1CC(=O)Nc1cccc([N+](=O)[O-])c1. The number of anilines is 3. The van der Waals surface area contributed by atoms with Crippen molar-refractivity contribution in [1.29, 1.82) is 0 Å². The van der Waals surface area contributed by atoms with Crippen LogP contribution in [-0.2, 0) is 14.4 Å². The van der Waals surface area contributed by atoms with Crippen LogP contribution in [0.1, 0.15) is 13.3 Å². The van der Waals surface area contributed by atoms with Gasteiger partial charge in [0.1, 0.15) is 6.04 Å². The molecule has 1 atom stereocenters. The zero-order valence-corrected chi connectivity index (χ0v) is 14.3. The van der Waals surface area contributed by atoms with Gasteiger partial charge in [-0.25, -0.2) is 0 Å². The zero-order chi connectivity index (χ0) is 19.6. The number of non-ortho nitro benzene ring substituents is 1. The van der Waals surface area contributed by atoms with E-state index >= 15 is 0 Å². The summed E-state index contributed by atoms with van der Waals surface area (Å²) in [6.45, 7) is 1.32. The third-order valence-corrected chi connectivity index (χ3v) is 4.09. The average molecular weight is 368 g/mol. The van der Waals surface area contributed by atoms with Crippen LogP contribution >= 0.6 is 0 Å². The normalized spacial score (nSPS) is 15.5. The highest BCUT2D eigenvalue weighted by Gasteiger charge is 2.36. The van der Waals surface area contributed by atoms with Crippen molar-refractivity contribution >= 4 is 40.5 Å². The highest BCUT2D eigenvalue weighted by atomic mass is 16.6. The molecule has 138 valence electrons. The number of para-hydroxylation sites is 2. The minimum absolute atomic E-state index is 0.164. The maximum absolute atomic E-state index is 12.4. The first-order valence-corrected chi connectivity index (χ1v) is 8.11. The summed E-state index contributed by atoms with van der Waals surface area (Å²) >= 11 is 0. The van der Waals surface area contributed by atoms with Crippen molar-refractivity contribution < 1.29 is 19.3 Å². The van der Waals surface area contributed by atoms with Gasteiger partial charge < -0.3 is 10.6 Å². The number of fused-ring (bicyclic) bond motifs is 1. The summed E-state index contributed by atoms with van der Waals surface area (Å²) in [5.74, 6) is -1.38. The van der Waals surface area contributed by atoms with Crippen molar-refractivity contribution in [3.63, 3.8) is 0 Å². The molecule has 9 nitrogen and oxygen atoms in total. The van der Waals surface area contributed by atoms with Crippen molar-refractivity contribution in [2.45, 2.75) is 19.4 Å². The molecule has 0 unspecified atom stereocenters. The van der Waals surface area contributed by atoms with E-state index in [4.69, 9.17) is 0 Å². The number of nitrogens with one attached hydrogen (secondary N) is 2. The third-order valence-electron chi connectivity index (χ3n) is 4.09. The second-order valence-corrected chi connectivity index (χ2v) is 5.97. The Morgan fingerprint density at radius 1 is 1.22 bits per heavy atom. The fraction of sp³-hybridized carbons (Fsp3) is 0.167. The van der Waals surface area contributed by atoms with Crippen molar-refractivity contribution in [3.8, 4) is 0 Å². The van der Waals surface area contributed by atoms with E-state index < -0.39 is 22.8 Å². The number of amides is 3. The Balaban J connectivity index is 1.80. The predicted octanol–water partition coefficient (Wildman–Crippen LogP) is 2.30. The highest BCUT2D eigenvalue weighted by molar-refractivity contribution is 6.13. The minimum Gasteiger partial charge on any atom is -0.326 e. The molecule has 3 rings (SSSR count). The fourth-order valence-corrected chi connectivity index (χ4v) is 2.95. The van der Waals surface area contributed by atoms with Crippen molar-refractivity contribution in [2.75, 3.05) is 15.5 Å². The Morgan fingerprint density at radius 3 is 2.67 bits per heavy atom. The Bertz CT molecular complexity index is 943. The van der Waals surface area contributed by atoms with Gasteiger partial charge in [-0.1, -0.05) is 18.2 Å². The van der Waals surface area contributed by atoms with Crippen LogP contribution < -0.4 is 15.5 Å². The number of carbonyl (C=O) groups is 3. The van der Waals surface area contributed by atoms with E-state index in [1.54, 1.807) is 24.3 Å². The molecule has 1 aliphatic rings. The van der Waals surface area contributed by atoms with E-state index in [0.717, 1.165) is 0 Å². The number of hydrogen-bond acceptors (Lipinski definition) is 5. The lowest BCUT2D eigenvalue weighted by Crippen LogP contribution is -2.51. The molecular formula is C18H16N4O5. The Hall–Kier alpha value is -3.75. The fourth-order valence-electron chi connectivity index (χ4n) is 2.95. The van der Waals surface area contributed by atoms with Gasteiger partial charge in [0.25, 0.3) is 5.69 Å². The molecule has 0 saturated carbocycles. The molecular weight excluding hydrogens is 352 g/mol. The number of nitrogens with zero attached hydrogens (tertiary/aromatic N) is 2. The smallest absolute Gasteiger partial charge is 0.271 e. The lowest BCUT2D eigenvalue weighted by atomic mass is 10.0. The second-order valence-electron chi connectivity index (χ2n) is 5.97. The summed E-state index contributed by atoms with van der Waals surface area (Å²) in [6, 6.07) is 11.3. The summed E-state index contributed by atoms with van der Waals surface area (Å²) in [6.07, 6.45) is -0.289. The number of carbonyl (C=O) groups excluding carboxylic acids is 3. The number of nitro benzene ring substituents is 1. The number of nitro groups is 1. The molecule has 1 heterocycles. The zero-order valence-electron chi connectivity index (χ0n) is 14.3. The van der Waals surface area contributed by atoms with Gasteiger partial charge in [0, 0.05) is 24.7 Å². The molecule has 0 radical (unpaired) electrons. The Morgan fingerprint density at radius 2 is 1.96 bits per heavy atom. The van der Waals surface area contributed by atoms with Gasteiger partial charge in [-0.2, -0.15) is 0 Å². The molecule has 2 N–H and O–H groups in total. The van der Waals surface area contributed by atoms with E-state index in [9.17, 15) is 24.5 Å². The lowest BCUT2D eigenvalue weighted by molar-refractivity contribution is -0.384. The average Bonchev–Trinajstić information content (AvgIpc) is 2.62. The third kappa shape index (κ3) is 3.76. The molecule has 0 fully saturated rings. The van der Waals surface area contributed by atoms with E-state index in [2.05, 4.69) is 10.6 Å². The van der Waals surface area contributed by atoms with Crippen LogP contribution in [0.3, 0.4) is 0 Å². The van der Waals surface area contributed by atoms with Gasteiger partial charge in [0.15, 0.2) is 0 Å². The molecule has 0 saturated heterocycles. The van der Waals surface area contributed by atoms with Gasteiger partial charge in [-0.05, 0) is 18.2 Å². The van der Waals surface area contributed by atoms with Crippen LogP contribution in [-0.4, -0.2) is 28.7 Å². The van der Waals surface area contributed by atoms with Gasteiger partial charge in [-0.3, -0.25) is 29.4 Å². The number of rotatable bonds is 4. The van der Waals surface area contributed by atoms with Gasteiger partial charge in [0.05, 0.1) is 22.7 Å². The number of hydrogen-bond donors (Lipinski definition) is 2. The first kappa shape index (κ1) is 18.1. The van der Waals surface area contributed by atoms with Crippen molar-refractivity contribution in [3.05, 3.63) is 58.6 Å². The summed E-state index contributed by atoms with van der Waals surface area (Å²) in [5, 5.41) is 16.0. The quantitative estimate of drug-likeness (QED) is 0.633. The van der Waals surface area contributed by atoms with Crippen LogP contribution in [0.4, 0.5) is 22.7 Å². The highest BCUT2D eigenvalue weighted by Crippen LogP contribution is 2.33. The van der Waals surface area contributed by atoms with E-state index in [0.29, 0.717) is 11.4 Å². The van der Waals surface area contributed by atoms with Crippen LogP contribution in [0, 0.1) is 10.1 Å². The molecule has 2 aromatic rings. The predicted molar refractivity (Wildman–Crippen MR) is 98.4 cm³/mol. The first-order valence-electron chi connectivity index (χ1n) is 8.11. The van der Waals surface area contributed by atoms with Gasteiger partial charge in [0.2, 0.25) is 17.7 Å². The molecule has 1 aliphatic heterocycles. The molecule has 2 aromatic carbocycles. The minimum atomic E-state index is -1.02. The molecule has 3 amide bonds. The first-order chi connectivity index (χ1) is 12.9. The molecule has 0 spiro atoms. The molecule has 0 bridgehead atoms. The van der Waals surface area contributed by atoms with E-state index in [1.165, 1.54) is 36.1 Å². The van der Waals surface area contributed by atoms with Gasteiger partial charge >= 0.3 is 0 Å². The maximum Gasteiger partial charge on any atom is 0.271 e. The monoisotopic (exact) mass is 368 g/mol.